The number of rotatable bonds is 7. The van der Waals surface area contributed by atoms with Crippen LogP contribution in [0, 0.1) is 0 Å². The molecular formula is C24H20O3S. The SMILES string of the molecule is O=C(O)[C@H](CCc1ccccc1)Oc1ccc(-c2cc3ccccc3s2)cc1. The van der Waals surface area contributed by atoms with Crippen molar-refractivity contribution in [1.82, 2.24) is 0 Å². The molecule has 0 unspecified atom stereocenters. The van der Waals surface area contributed by atoms with Crippen LogP contribution in [0.3, 0.4) is 0 Å². The fraction of sp³-hybridized carbons (Fsp3) is 0.125. The lowest BCUT2D eigenvalue weighted by atomic mass is 10.1. The number of hydrogen-bond donors (Lipinski definition) is 1. The molecule has 28 heavy (non-hydrogen) atoms. The highest BCUT2D eigenvalue weighted by Crippen LogP contribution is 2.34. The fourth-order valence-corrected chi connectivity index (χ4v) is 4.23. The Morgan fingerprint density at radius 1 is 0.929 bits per heavy atom. The van der Waals surface area contributed by atoms with Gasteiger partial charge in [0.2, 0.25) is 0 Å². The van der Waals surface area contributed by atoms with Gasteiger partial charge in [0.25, 0.3) is 0 Å². The van der Waals surface area contributed by atoms with Crippen molar-refractivity contribution in [2.24, 2.45) is 0 Å². The van der Waals surface area contributed by atoms with Crippen LogP contribution in [0.15, 0.2) is 84.9 Å². The van der Waals surface area contributed by atoms with Gasteiger partial charge in [-0.2, -0.15) is 0 Å². The van der Waals surface area contributed by atoms with Crippen LogP contribution in [0.25, 0.3) is 20.5 Å². The monoisotopic (exact) mass is 388 g/mol. The van der Waals surface area contributed by atoms with E-state index in [9.17, 15) is 9.90 Å². The minimum absolute atomic E-state index is 0.428. The molecule has 0 aliphatic heterocycles. The Hall–Kier alpha value is -3.11. The average molecular weight is 388 g/mol. The van der Waals surface area contributed by atoms with E-state index in [1.165, 1.54) is 15.0 Å². The number of aliphatic carboxylic acids is 1. The molecular weight excluding hydrogens is 368 g/mol. The third-order valence-electron chi connectivity index (χ3n) is 4.66. The molecule has 3 aromatic carbocycles. The van der Waals surface area contributed by atoms with Crippen molar-refractivity contribution >= 4 is 27.4 Å². The highest BCUT2D eigenvalue weighted by molar-refractivity contribution is 7.22. The van der Waals surface area contributed by atoms with Crippen molar-refractivity contribution in [2.45, 2.75) is 18.9 Å². The summed E-state index contributed by atoms with van der Waals surface area (Å²) >= 11 is 1.75. The molecule has 0 bridgehead atoms. The molecule has 0 spiro atoms. The Morgan fingerprint density at radius 3 is 2.36 bits per heavy atom. The Morgan fingerprint density at radius 2 is 1.64 bits per heavy atom. The van der Waals surface area contributed by atoms with Gasteiger partial charge in [0.15, 0.2) is 6.10 Å². The van der Waals surface area contributed by atoms with Crippen LogP contribution in [0.1, 0.15) is 12.0 Å². The lowest BCUT2D eigenvalue weighted by Crippen LogP contribution is -2.27. The van der Waals surface area contributed by atoms with E-state index in [-0.39, 0.29) is 0 Å². The van der Waals surface area contributed by atoms with E-state index >= 15 is 0 Å². The fourth-order valence-electron chi connectivity index (χ4n) is 3.16. The third-order valence-corrected chi connectivity index (χ3v) is 5.82. The maximum absolute atomic E-state index is 11.6. The number of benzene rings is 3. The predicted molar refractivity (Wildman–Crippen MR) is 114 cm³/mol. The average Bonchev–Trinajstić information content (AvgIpc) is 3.16. The number of fused-ring (bicyclic) bond motifs is 1. The summed E-state index contributed by atoms with van der Waals surface area (Å²) < 4.78 is 7.01. The number of carboxylic acid groups (broad SMARTS) is 1. The molecule has 4 aromatic rings. The number of ether oxygens (including phenoxy) is 1. The topological polar surface area (TPSA) is 46.5 Å². The largest absolute Gasteiger partial charge is 0.479 e. The third kappa shape index (κ3) is 4.24. The molecule has 4 rings (SSSR count). The van der Waals surface area contributed by atoms with Crippen molar-refractivity contribution in [3.63, 3.8) is 0 Å². The highest BCUT2D eigenvalue weighted by Gasteiger charge is 2.19. The van der Waals surface area contributed by atoms with Crippen LogP contribution in [0.4, 0.5) is 0 Å². The molecule has 0 fully saturated rings. The van der Waals surface area contributed by atoms with E-state index in [2.05, 4.69) is 18.2 Å². The number of carbonyl (C=O) groups is 1. The zero-order valence-electron chi connectivity index (χ0n) is 15.2. The van der Waals surface area contributed by atoms with E-state index in [0.29, 0.717) is 18.6 Å². The number of hydrogen-bond acceptors (Lipinski definition) is 3. The first kappa shape index (κ1) is 18.3. The summed E-state index contributed by atoms with van der Waals surface area (Å²) in [6.07, 6.45) is 0.227. The second-order valence-corrected chi connectivity index (χ2v) is 7.73. The van der Waals surface area contributed by atoms with E-state index in [1.54, 1.807) is 11.3 Å². The molecule has 0 saturated heterocycles. The molecule has 4 heteroatoms. The summed E-state index contributed by atoms with van der Waals surface area (Å²) in [4.78, 5) is 12.8. The Kier molecular flexibility index (Phi) is 5.40. The quantitative estimate of drug-likeness (QED) is 0.420. The van der Waals surface area contributed by atoms with Gasteiger partial charge in [0, 0.05) is 9.58 Å². The van der Waals surface area contributed by atoms with E-state index in [1.807, 2.05) is 66.7 Å². The molecule has 140 valence electrons. The van der Waals surface area contributed by atoms with Crippen molar-refractivity contribution in [3.8, 4) is 16.2 Å². The number of thiophene rings is 1. The van der Waals surface area contributed by atoms with Crippen molar-refractivity contribution < 1.29 is 14.6 Å². The second-order valence-electron chi connectivity index (χ2n) is 6.64. The van der Waals surface area contributed by atoms with Crippen LogP contribution in [-0.2, 0) is 11.2 Å². The summed E-state index contributed by atoms with van der Waals surface area (Å²) in [7, 11) is 0. The van der Waals surface area contributed by atoms with Crippen molar-refractivity contribution in [1.29, 1.82) is 0 Å². The maximum atomic E-state index is 11.6. The van der Waals surface area contributed by atoms with Gasteiger partial charge < -0.3 is 9.84 Å². The Labute approximate surface area is 167 Å². The molecule has 0 saturated carbocycles. The zero-order chi connectivity index (χ0) is 19.3. The Balaban J connectivity index is 1.45. The van der Waals surface area contributed by atoms with E-state index in [4.69, 9.17) is 4.74 Å². The number of carboxylic acids is 1. The minimum Gasteiger partial charge on any atom is -0.479 e. The summed E-state index contributed by atoms with van der Waals surface area (Å²) in [6, 6.07) is 28.0. The van der Waals surface area contributed by atoms with E-state index < -0.39 is 12.1 Å². The molecule has 1 aromatic heterocycles. The highest BCUT2D eigenvalue weighted by atomic mass is 32.1. The normalized spacial score (nSPS) is 12.0. The van der Waals surface area contributed by atoms with Crippen molar-refractivity contribution in [2.75, 3.05) is 0 Å². The van der Waals surface area contributed by atoms with Gasteiger partial charge in [0.05, 0.1) is 0 Å². The second kappa shape index (κ2) is 8.28. The molecule has 0 aliphatic carbocycles. The van der Waals surface area contributed by atoms with Gasteiger partial charge in [-0.3, -0.25) is 0 Å². The van der Waals surface area contributed by atoms with Crippen LogP contribution in [0.2, 0.25) is 0 Å². The summed E-state index contributed by atoms with van der Waals surface area (Å²) in [5, 5.41) is 10.7. The lowest BCUT2D eigenvalue weighted by molar-refractivity contribution is -0.145. The number of aryl methyl sites for hydroxylation is 1. The van der Waals surface area contributed by atoms with E-state index in [0.717, 1.165) is 11.1 Å². The van der Waals surface area contributed by atoms with Crippen LogP contribution < -0.4 is 4.74 Å². The molecule has 0 radical (unpaired) electrons. The molecule has 1 N–H and O–H groups in total. The standard InChI is InChI=1S/C24H20O3S/c25-24(26)21(15-10-17-6-2-1-3-7-17)27-20-13-11-18(12-14-20)23-16-19-8-4-5-9-22(19)28-23/h1-9,11-14,16,21H,10,15H2,(H,25,26)/t21-/m0/s1. The van der Waals surface area contributed by atoms with Gasteiger partial charge in [-0.1, -0.05) is 48.5 Å². The van der Waals surface area contributed by atoms with Crippen LogP contribution in [0.5, 0.6) is 5.75 Å². The van der Waals surface area contributed by atoms with Gasteiger partial charge in [-0.15, -0.1) is 11.3 Å². The maximum Gasteiger partial charge on any atom is 0.344 e. The van der Waals surface area contributed by atoms with Gasteiger partial charge in [-0.05, 0) is 65.8 Å². The lowest BCUT2D eigenvalue weighted by Gasteiger charge is -2.15. The zero-order valence-corrected chi connectivity index (χ0v) is 16.1. The first-order valence-electron chi connectivity index (χ1n) is 9.21. The summed E-state index contributed by atoms with van der Waals surface area (Å²) in [6.45, 7) is 0. The van der Waals surface area contributed by atoms with Crippen molar-refractivity contribution in [3.05, 3.63) is 90.5 Å². The van der Waals surface area contributed by atoms with Crippen LogP contribution in [-0.4, -0.2) is 17.2 Å². The summed E-state index contributed by atoms with van der Waals surface area (Å²) in [5.74, 6) is -0.366. The smallest absolute Gasteiger partial charge is 0.344 e. The van der Waals surface area contributed by atoms with Gasteiger partial charge in [-0.25, -0.2) is 4.79 Å². The summed E-state index contributed by atoms with van der Waals surface area (Å²) in [5.41, 5.74) is 2.21. The van der Waals surface area contributed by atoms with Gasteiger partial charge >= 0.3 is 5.97 Å². The predicted octanol–water partition coefficient (Wildman–Crippen LogP) is 6.03. The van der Waals surface area contributed by atoms with Gasteiger partial charge in [0.1, 0.15) is 5.75 Å². The first-order valence-corrected chi connectivity index (χ1v) is 10.0. The molecule has 0 aliphatic rings. The molecule has 1 atom stereocenters. The Bertz CT molecular complexity index is 1030. The molecule has 0 amide bonds. The first-order chi connectivity index (χ1) is 13.7. The minimum atomic E-state index is -0.940. The molecule has 3 nitrogen and oxygen atoms in total. The van der Waals surface area contributed by atoms with Crippen LogP contribution >= 0.6 is 11.3 Å². The molecule has 1 heterocycles.